The Labute approximate surface area is 133 Å². The Bertz CT molecular complexity index is 611. The second kappa shape index (κ2) is 6.52. The Hall–Kier alpha value is -1.49. The van der Waals surface area contributed by atoms with E-state index in [1.165, 1.54) is 12.8 Å². The normalized spacial score (nSPS) is 14.2. The summed E-state index contributed by atoms with van der Waals surface area (Å²) >= 11 is 3.67. The van der Waals surface area contributed by atoms with E-state index in [-0.39, 0.29) is 0 Å². The average molecular weight is 347 g/mol. The van der Waals surface area contributed by atoms with E-state index in [1.807, 2.05) is 12.3 Å². The van der Waals surface area contributed by atoms with E-state index < -0.39 is 0 Å². The minimum atomic E-state index is 0.595. The van der Waals surface area contributed by atoms with Crippen LogP contribution < -0.4 is 5.32 Å². The highest BCUT2D eigenvalue weighted by Crippen LogP contribution is 2.43. The average Bonchev–Trinajstić information content (AvgIpc) is 3.33. The topological polar surface area (TPSA) is 50.7 Å². The van der Waals surface area contributed by atoms with Gasteiger partial charge in [0.1, 0.15) is 11.6 Å². The quantitative estimate of drug-likeness (QED) is 0.860. The molecule has 2 aromatic heterocycles. The lowest BCUT2D eigenvalue weighted by atomic mass is 10.2. The highest BCUT2D eigenvalue weighted by Gasteiger charge is 2.29. The lowest BCUT2D eigenvalue weighted by Gasteiger charge is -2.12. The van der Waals surface area contributed by atoms with Crippen molar-refractivity contribution in [2.45, 2.75) is 38.5 Å². The highest BCUT2D eigenvalue weighted by molar-refractivity contribution is 9.10. The predicted octanol–water partition coefficient (Wildman–Crippen LogP) is 3.92. The standard InChI is InChI=1S/C16H19BrN4/c1-2-7-19-16-14(17)15(12-5-6-12)20-13(21-16)9-11-4-3-8-18-10-11/h3-4,8,10,12H,2,5-7,9H2,1H3,(H,19,20,21). The van der Waals surface area contributed by atoms with E-state index in [4.69, 9.17) is 4.98 Å². The second-order valence-electron chi connectivity index (χ2n) is 5.43. The first kappa shape index (κ1) is 14.4. The van der Waals surface area contributed by atoms with Gasteiger partial charge in [0, 0.05) is 31.3 Å². The molecule has 2 aromatic rings. The maximum Gasteiger partial charge on any atom is 0.144 e. The predicted molar refractivity (Wildman–Crippen MR) is 87.5 cm³/mol. The van der Waals surface area contributed by atoms with Crippen molar-refractivity contribution in [2.24, 2.45) is 0 Å². The summed E-state index contributed by atoms with van der Waals surface area (Å²) in [7, 11) is 0. The van der Waals surface area contributed by atoms with Crippen LogP contribution in [0.1, 0.15) is 49.2 Å². The molecule has 1 saturated carbocycles. The number of nitrogens with one attached hydrogen (secondary N) is 1. The van der Waals surface area contributed by atoms with Crippen LogP contribution >= 0.6 is 15.9 Å². The zero-order chi connectivity index (χ0) is 14.7. The smallest absolute Gasteiger partial charge is 0.144 e. The van der Waals surface area contributed by atoms with Gasteiger partial charge in [0.15, 0.2) is 0 Å². The van der Waals surface area contributed by atoms with Gasteiger partial charge in [0.05, 0.1) is 10.2 Å². The maximum atomic E-state index is 4.77. The summed E-state index contributed by atoms with van der Waals surface area (Å²) < 4.78 is 1.04. The van der Waals surface area contributed by atoms with Crippen LogP contribution in [0.5, 0.6) is 0 Å². The van der Waals surface area contributed by atoms with Gasteiger partial charge in [-0.25, -0.2) is 9.97 Å². The third kappa shape index (κ3) is 3.59. The van der Waals surface area contributed by atoms with E-state index in [2.05, 4.69) is 44.2 Å². The molecule has 0 atom stereocenters. The molecule has 21 heavy (non-hydrogen) atoms. The van der Waals surface area contributed by atoms with E-state index in [9.17, 15) is 0 Å². The summed E-state index contributed by atoms with van der Waals surface area (Å²) in [5.41, 5.74) is 2.30. The van der Waals surface area contributed by atoms with Crippen LogP contribution in [-0.2, 0) is 6.42 Å². The molecule has 2 heterocycles. The molecule has 0 spiro atoms. The number of hydrogen-bond acceptors (Lipinski definition) is 4. The Morgan fingerprint density at radius 1 is 1.33 bits per heavy atom. The van der Waals surface area contributed by atoms with Crippen LogP contribution in [0.3, 0.4) is 0 Å². The molecule has 0 amide bonds. The molecule has 1 N–H and O–H groups in total. The molecule has 1 fully saturated rings. The van der Waals surface area contributed by atoms with Crippen LogP contribution in [0.25, 0.3) is 0 Å². The van der Waals surface area contributed by atoms with Crippen LogP contribution in [0.2, 0.25) is 0 Å². The number of hydrogen-bond donors (Lipinski definition) is 1. The molecular formula is C16H19BrN4. The van der Waals surface area contributed by atoms with Gasteiger partial charge in [-0.05, 0) is 46.8 Å². The fourth-order valence-electron chi connectivity index (χ4n) is 2.26. The first-order chi connectivity index (χ1) is 10.3. The zero-order valence-corrected chi connectivity index (χ0v) is 13.7. The van der Waals surface area contributed by atoms with Crippen LogP contribution in [-0.4, -0.2) is 21.5 Å². The molecule has 0 bridgehead atoms. The lowest BCUT2D eigenvalue weighted by Crippen LogP contribution is -2.09. The summed E-state index contributed by atoms with van der Waals surface area (Å²) in [6, 6.07) is 4.01. The molecule has 0 unspecified atom stereocenters. The van der Waals surface area contributed by atoms with E-state index in [0.29, 0.717) is 5.92 Å². The molecule has 4 nitrogen and oxygen atoms in total. The number of pyridine rings is 1. The minimum Gasteiger partial charge on any atom is -0.369 e. The Balaban J connectivity index is 1.90. The summed E-state index contributed by atoms with van der Waals surface area (Å²) in [6.07, 6.45) is 7.93. The van der Waals surface area contributed by atoms with Gasteiger partial charge in [-0.1, -0.05) is 13.0 Å². The molecule has 1 aliphatic carbocycles. The molecule has 110 valence electrons. The third-order valence-electron chi connectivity index (χ3n) is 3.51. The number of anilines is 1. The van der Waals surface area contributed by atoms with Crippen molar-refractivity contribution in [3.8, 4) is 0 Å². The summed E-state index contributed by atoms with van der Waals surface area (Å²) in [4.78, 5) is 13.6. The number of rotatable bonds is 6. The third-order valence-corrected chi connectivity index (χ3v) is 4.30. The first-order valence-electron chi connectivity index (χ1n) is 7.47. The molecule has 0 aromatic carbocycles. The van der Waals surface area contributed by atoms with Gasteiger partial charge in [0.25, 0.3) is 0 Å². The van der Waals surface area contributed by atoms with Gasteiger partial charge >= 0.3 is 0 Å². The highest BCUT2D eigenvalue weighted by atomic mass is 79.9. The first-order valence-corrected chi connectivity index (χ1v) is 8.26. The summed E-state index contributed by atoms with van der Waals surface area (Å²) in [5.74, 6) is 2.39. The van der Waals surface area contributed by atoms with Gasteiger partial charge in [-0.3, -0.25) is 4.98 Å². The van der Waals surface area contributed by atoms with Crippen LogP contribution in [0.15, 0.2) is 29.0 Å². The maximum absolute atomic E-state index is 4.77. The monoisotopic (exact) mass is 346 g/mol. The summed E-state index contributed by atoms with van der Waals surface area (Å²) in [5, 5.41) is 3.40. The fourth-order valence-corrected chi connectivity index (χ4v) is 2.91. The zero-order valence-electron chi connectivity index (χ0n) is 12.1. The van der Waals surface area contributed by atoms with E-state index >= 15 is 0 Å². The van der Waals surface area contributed by atoms with Crippen molar-refractivity contribution in [1.29, 1.82) is 0 Å². The fraction of sp³-hybridized carbons (Fsp3) is 0.438. The number of aromatic nitrogens is 3. The minimum absolute atomic E-state index is 0.595. The largest absolute Gasteiger partial charge is 0.369 e. The van der Waals surface area contributed by atoms with Crippen LogP contribution in [0, 0.1) is 0 Å². The number of nitrogens with zero attached hydrogens (tertiary/aromatic N) is 3. The number of halogens is 1. The van der Waals surface area contributed by atoms with E-state index in [1.54, 1.807) is 6.20 Å². The Kier molecular flexibility index (Phi) is 4.48. The van der Waals surface area contributed by atoms with Crippen molar-refractivity contribution in [3.63, 3.8) is 0 Å². The second-order valence-corrected chi connectivity index (χ2v) is 6.22. The SMILES string of the molecule is CCCNc1nc(Cc2cccnc2)nc(C2CC2)c1Br. The van der Waals surface area contributed by atoms with Crippen LogP contribution in [0.4, 0.5) is 5.82 Å². The van der Waals surface area contributed by atoms with Gasteiger partial charge in [-0.15, -0.1) is 0 Å². The molecule has 0 aliphatic heterocycles. The molecule has 1 aliphatic rings. The Morgan fingerprint density at radius 2 is 2.19 bits per heavy atom. The lowest BCUT2D eigenvalue weighted by molar-refractivity contribution is 0.876. The van der Waals surface area contributed by atoms with Gasteiger partial charge < -0.3 is 5.32 Å². The summed E-state index contributed by atoms with van der Waals surface area (Å²) in [6.45, 7) is 3.08. The molecule has 3 rings (SSSR count). The van der Waals surface area contributed by atoms with Gasteiger partial charge in [0.2, 0.25) is 0 Å². The van der Waals surface area contributed by atoms with Crippen molar-refractivity contribution >= 4 is 21.7 Å². The Morgan fingerprint density at radius 3 is 2.86 bits per heavy atom. The van der Waals surface area contributed by atoms with Gasteiger partial charge in [-0.2, -0.15) is 0 Å². The van der Waals surface area contributed by atoms with Crippen molar-refractivity contribution in [2.75, 3.05) is 11.9 Å². The van der Waals surface area contributed by atoms with Crippen molar-refractivity contribution in [3.05, 3.63) is 46.1 Å². The molecule has 0 saturated heterocycles. The molecule has 0 radical (unpaired) electrons. The van der Waals surface area contributed by atoms with Crippen molar-refractivity contribution < 1.29 is 0 Å². The molecule has 5 heteroatoms. The molecular weight excluding hydrogens is 328 g/mol. The van der Waals surface area contributed by atoms with E-state index in [0.717, 1.165) is 46.8 Å². The van der Waals surface area contributed by atoms with Crippen molar-refractivity contribution in [1.82, 2.24) is 15.0 Å².